The number of unbranched alkanes of at least 4 members (excludes halogenated alkanes) is 11. The number of methoxy groups -OCH3 is 1. The van der Waals surface area contributed by atoms with Crippen molar-refractivity contribution >= 4 is 18.1 Å². The Morgan fingerprint density at radius 2 is 1.55 bits per heavy atom. The van der Waals surface area contributed by atoms with Crippen LogP contribution >= 0.6 is 0 Å². The number of nitrogens with zero attached hydrogens (tertiary/aromatic N) is 2. The van der Waals surface area contributed by atoms with E-state index in [0.29, 0.717) is 58.6 Å². The Morgan fingerprint density at radius 1 is 0.845 bits per heavy atom. The molecular weight excluding hydrogens is 905 g/mol. The lowest BCUT2D eigenvalue weighted by Gasteiger charge is -2.59. The molecule has 3 aromatic carbocycles. The van der Waals surface area contributed by atoms with Gasteiger partial charge in [-0.3, -0.25) is 9.69 Å². The first-order valence-electron chi connectivity index (χ1n) is 26.1. The van der Waals surface area contributed by atoms with Gasteiger partial charge in [-0.15, -0.1) is 6.58 Å². The highest BCUT2D eigenvalue weighted by Crippen LogP contribution is 2.62. The molecule has 14 heteroatoms. The first-order valence-corrected chi connectivity index (χ1v) is 26.1. The zero-order valence-electron chi connectivity index (χ0n) is 42.2. The molecule has 386 valence electrons. The SMILES string of the molecule is C=CCOC12Oc3ccc(Oc4ccc(OC)c(C=O)c4)cc3C3C(CCCCO)C(CCCCO)C=C(C(=NOC)CC1N(Cc1ccc4c(c1)OCO4)C(=O)OCCCCCCCCCCCC)C32. The summed E-state index contributed by atoms with van der Waals surface area (Å²) in [6, 6.07) is 15.7. The summed E-state index contributed by atoms with van der Waals surface area (Å²) < 4.78 is 44.3. The van der Waals surface area contributed by atoms with Crippen LogP contribution in [-0.4, -0.2) is 92.5 Å². The number of oxime groups is 1. The number of allylic oxidation sites excluding steroid dienone is 1. The Balaban J connectivity index is 1.32. The maximum absolute atomic E-state index is 15.1. The van der Waals surface area contributed by atoms with Crippen LogP contribution in [0.1, 0.15) is 143 Å². The number of carbonyl (C=O) groups excluding carboxylic acids is 2. The maximum atomic E-state index is 15.1. The molecule has 2 N–H and O–H groups in total. The summed E-state index contributed by atoms with van der Waals surface area (Å²) in [5.74, 6) is 0.949. The molecule has 71 heavy (non-hydrogen) atoms. The van der Waals surface area contributed by atoms with Gasteiger partial charge in [0.15, 0.2) is 17.8 Å². The van der Waals surface area contributed by atoms with Crippen LogP contribution in [0.3, 0.4) is 0 Å². The molecule has 6 unspecified atom stereocenters. The lowest BCUT2D eigenvalue weighted by atomic mass is 9.55. The predicted octanol–water partition coefficient (Wildman–Crippen LogP) is 11.9. The molecule has 6 atom stereocenters. The lowest BCUT2D eigenvalue weighted by Crippen LogP contribution is -2.70. The highest BCUT2D eigenvalue weighted by molar-refractivity contribution is 6.03. The summed E-state index contributed by atoms with van der Waals surface area (Å²) in [4.78, 5) is 34.5. The highest BCUT2D eigenvalue weighted by Gasteiger charge is 2.65. The van der Waals surface area contributed by atoms with Crippen LogP contribution < -0.4 is 23.7 Å². The summed E-state index contributed by atoms with van der Waals surface area (Å²) in [5, 5.41) is 24.8. The summed E-state index contributed by atoms with van der Waals surface area (Å²) in [7, 11) is 3.05. The average molecular weight is 981 g/mol. The van der Waals surface area contributed by atoms with Crippen molar-refractivity contribution in [3.63, 3.8) is 0 Å². The van der Waals surface area contributed by atoms with E-state index in [2.05, 4.69) is 19.6 Å². The van der Waals surface area contributed by atoms with Gasteiger partial charge in [0.1, 0.15) is 36.1 Å². The zero-order valence-corrected chi connectivity index (χ0v) is 42.2. The van der Waals surface area contributed by atoms with Gasteiger partial charge in [0, 0.05) is 37.7 Å². The van der Waals surface area contributed by atoms with Crippen LogP contribution in [0.15, 0.2) is 84.1 Å². The van der Waals surface area contributed by atoms with Crippen LogP contribution in [-0.2, 0) is 20.9 Å². The van der Waals surface area contributed by atoms with Gasteiger partial charge in [-0.1, -0.05) is 101 Å². The van der Waals surface area contributed by atoms with E-state index in [4.69, 9.17) is 43.2 Å². The van der Waals surface area contributed by atoms with Crippen LogP contribution in [0, 0.1) is 17.8 Å². The molecule has 1 fully saturated rings. The molecule has 14 nitrogen and oxygen atoms in total. The third kappa shape index (κ3) is 12.9. The smallest absolute Gasteiger partial charge is 0.410 e. The molecule has 2 aliphatic heterocycles. The molecule has 0 aromatic heterocycles. The minimum absolute atomic E-state index is 0.00519. The minimum atomic E-state index is -1.50. The van der Waals surface area contributed by atoms with E-state index >= 15 is 4.79 Å². The zero-order chi connectivity index (χ0) is 50.0. The Hall–Kier alpha value is -5.57. The number of hydrogen-bond donors (Lipinski definition) is 2. The summed E-state index contributed by atoms with van der Waals surface area (Å²) in [6.45, 7) is 7.07. The Morgan fingerprint density at radius 3 is 2.27 bits per heavy atom. The molecule has 0 radical (unpaired) electrons. The van der Waals surface area contributed by atoms with Gasteiger partial charge in [0.25, 0.3) is 0 Å². The molecule has 2 heterocycles. The molecule has 4 aliphatic rings. The number of benzene rings is 3. The molecule has 0 saturated heterocycles. The largest absolute Gasteiger partial charge is 0.496 e. The third-order valence-corrected chi connectivity index (χ3v) is 14.5. The number of fused-ring (bicyclic) bond motifs is 3. The molecule has 1 amide bonds. The number of rotatable bonds is 30. The van der Waals surface area contributed by atoms with Gasteiger partial charge < -0.3 is 48.2 Å². The van der Waals surface area contributed by atoms with Crippen LogP contribution in [0.5, 0.6) is 34.5 Å². The lowest BCUT2D eigenvalue weighted by molar-refractivity contribution is -0.256. The van der Waals surface area contributed by atoms with E-state index in [0.717, 1.165) is 67.9 Å². The monoisotopic (exact) mass is 981 g/mol. The van der Waals surface area contributed by atoms with Gasteiger partial charge in [-0.25, -0.2) is 4.79 Å². The number of ether oxygens (including phenoxy) is 7. The fourth-order valence-corrected chi connectivity index (χ4v) is 11.2. The standard InChI is InChI=1S/C57H76N2O12/c1-5-7-8-9-10-11-12-13-14-19-31-66-56(63)59(37-40-22-25-51-52(32-40)68-39-67-51)53-36-48(58-65-4)46-34-41(20-15-17-28-60)45(21-16-18-29-61)54-47-35-44(70-43-23-26-49(64-3)42(33-43)38-62)24-27-50(47)71-57(53,55(46)54)69-30-6-2/h6,22-27,32-35,38,41,45,53-55,60-61H,2,5,7-21,28-31,36-37,39H2,1,3-4H3. The second kappa shape index (κ2) is 26.8. The fourth-order valence-electron chi connectivity index (χ4n) is 11.2. The van der Waals surface area contributed by atoms with Crippen molar-refractivity contribution in [3.8, 4) is 34.5 Å². The van der Waals surface area contributed by atoms with Gasteiger partial charge in [0.05, 0.1) is 37.5 Å². The molecule has 0 bridgehead atoms. The van der Waals surface area contributed by atoms with Crippen molar-refractivity contribution in [2.24, 2.45) is 22.9 Å². The number of amides is 1. The predicted molar refractivity (Wildman–Crippen MR) is 272 cm³/mol. The Kier molecular flexibility index (Phi) is 20.1. The molecule has 3 aromatic rings. The van der Waals surface area contributed by atoms with E-state index in [9.17, 15) is 15.0 Å². The maximum Gasteiger partial charge on any atom is 0.410 e. The van der Waals surface area contributed by atoms with E-state index in [1.807, 2.05) is 36.4 Å². The van der Waals surface area contributed by atoms with E-state index in [1.165, 1.54) is 59.2 Å². The molecule has 0 spiro atoms. The molecule has 7 rings (SSSR count). The number of aliphatic hydroxyl groups is 2. The first-order chi connectivity index (χ1) is 34.8. The normalized spacial score (nSPS) is 22.1. The van der Waals surface area contributed by atoms with Gasteiger partial charge in [0.2, 0.25) is 12.6 Å². The van der Waals surface area contributed by atoms with Crippen molar-refractivity contribution in [2.45, 2.75) is 140 Å². The van der Waals surface area contributed by atoms with Crippen molar-refractivity contribution in [3.05, 3.63) is 95.6 Å². The van der Waals surface area contributed by atoms with E-state index in [1.54, 1.807) is 29.2 Å². The fraction of sp³-hybridized carbons (Fsp3) is 0.561. The molecular formula is C57H76N2O12. The molecule has 2 aliphatic carbocycles. The average Bonchev–Trinajstić information content (AvgIpc) is 3.86. The quantitative estimate of drug-likeness (QED) is 0.0282. The second-order valence-corrected chi connectivity index (χ2v) is 19.2. The Bertz CT molecular complexity index is 2280. The number of hydrogen-bond acceptors (Lipinski definition) is 13. The summed E-state index contributed by atoms with van der Waals surface area (Å²) in [6.07, 6.45) is 20.4. The van der Waals surface area contributed by atoms with E-state index < -0.39 is 23.8 Å². The van der Waals surface area contributed by atoms with E-state index in [-0.39, 0.29) is 63.9 Å². The Labute approximate surface area is 420 Å². The van der Waals surface area contributed by atoms with Crippen LogP contribution in [0.2, 0.25) is 0 Å². The van der Waals surface area contributed by atoms with Crippen LogP contribution in [0.25, 0.3) is 0 Å². The third-order valence-electron chi connectivity index (χ3n) is 14.5. The summed E-state index contributed by atoms with van der Waals surface area (Å²) >= 11 is 0. The van der Waals surface area contributed by atoms with Crippen molar-refractivity contribution in [2.75, 3.05) is 47.4 Å². The number of aliphatic hydroxyl groups excluding tert-OH is 2. The summed E-state index contributed by atoms with van der Waals surface area (Å²) in [5.41, 5.74) is 3.63. The van der Waals surface area contributed by atoms with Crippen molar-refractivity contribution in [1.29, 1.82) is 0 Å². The molecule has 1 saturated carbocycles. The number of carbonyl (C=O) groups is 2. The van der Waals surface area contributed by atoms with Crippen molar-refractivity contribution in [1.82, 2.24) is 4.90 Å². The topological polar surface area (TPSA) is 164 Å². The number of aldehydes is 1. The second-order valence-electron chi connectivity index (χ2n) is 19.2. The first kappa shape index (κ1) is 53.2. The van der Waals surface area contributed by atoms with Crippen LogP contribution in [0.4, 0.5) is 4.79 Å². The van der Waals surface area contributed by atoms with Gasteiger partial charge >= 0.3 is 6.09 Å². The minimum Gasteiger partial charge on any atom is -0.496 e. The highest BCUT2D eigenvalue weighted by atomic mass is 16.7. The van der Waals surface area contributed by atoms with Gasteiger partial charge in [-0.2, -0.15) is 0 Å². The van der Waals surface area contributed by atoms with Crippen molar-refractivity contribution < 1.29 is 57.8 Å². The van der Waals surface area contributed by atoms with Gasteiger partial charge in [-0.05, 0) is 104 Å².